The van der Waals surface area contributed by atoms with E-state index in [0.29, 0.717) is 18.2 Å². The van der Waals surface area contributed by atoms with Gasteiger partial charge in [-0.05, 0) is 32.2 Å². The zero-order valence-corrected chi connectivity index (χ0v) is 11.0. The number of amidine groups is 1. The minimum absolute atomic E-state index is 0.307. The summed E-state index contributed by atoms with van der Waals surface area (Å²) in [5, 5.41) is 22.0. The Labute approximate surface area is 109 Å². The van der Waals surface area contributed by atoms with Gasteiger partial charge in [0.05, 0.1) is 5.60 Å². The SMILES string of the molecule is NC(CCCN1CCC2(O)CCCCC2C1)=NO. The number of hydrogen-bond donors (Lipinski definition) is 3. The molecule has 2 fully saturated rings. The molecule has 0 amide bonds. The van der Waals surface area contributed by atoms with E-state index >= 15 is 0 Å². The number of aliphatic hydroxyl groups is 1. The van der Waals surface area contributed by atoms with E-state index in [4.69, 9.17) is 10.9 Å². The maximum Gasteiger partial charge on any atom is 0.139 e. The number of likely N-dealkylation sites (tertiary alicyclic amines) is 1. The van der Waals surface area contributed by atoms with Gasteiger partial charge in [0, 0.05) is 25.4 Å². The first-order valence-electron chi connectivity index (χ1n) is 7.05. The lowest BCUT2D eigenvalue weighted by Crippen LogP contribution is -2.53. The third-order valence-electron chi connectivity index (χ3n) is 4.55. The van der Waals surface area contributed by atoms with Crippen molar-refractivity contribution in [3.05, 3.63) is 0 Å². The summed E-state index contributed by atoms with van der Waals surface area (Å²) in [5.41, 5.74) is 5.07. The van der Waals surface area contributed by atoms with Crippen LogP contribution in [-0.2, 0) is 0 Å². The smallest absolute Gasteiger partial charge is 0.139 e. The lowest BCUT2D eigenvalue weighted by Gasteiger charge is -2.47. The molecule has 5 heteroatoms. The predicted octanol–water partition coefficient (Wildman–Crippen LogP) is 1.14. The maximum atomic E-state index is 10.6. The molecule has 0 bridgehead atoms. The Morgan fingerprint density at radius 3 is 3.00 bits per heavy atom. The average molecular weight is 255 g/mol. The molecule has 0 aromatic carbocycles. The fourth-order valence-electron chi connectivity index (χ4n) is 3.38. The second kappa shape index (κ2) is 5.89. The van der Waals surface area contributed by atoms with Crippen LogP contribution in [0.4, 0.5) is 0 Å². The third-order valence-corrected chi connectivity index (χ3v) is 4.55. The molecule has 1 saturated carbocycles. The summed E-state index contributed by atoms with van der Waals surface area (Å²) in [5.74, 6) is 0.755. The lowest BCUT2D eigenvalue weighted by molar-refractivity contribution is -0.0952. The van der Waals surface area contributed by atoms with Crippen LogP contribution in [0.25, 0.3) is 0 Å². The van der Waals surface area contributed by atoms with E-state index in [1.54, 1.807) is 0 Å². The van der Waals surface area contributed by atoms with Crippen LogP contribution >= 0.6 is 0 Å². The van der Waals surface area contributed by atoms with Crippen LogP contribution in [0.3, 0.4) is 0 Å². The summed E-state index contributed by atoms with van der Waals surface area (Å²) in [6, 6.07) is 0. The fraction of sp³-hybridized carbons (Fsp3) is 0.923. The summed E-state index contributed by atoms with van der Waals surface area (Å²) < 4.78 is 0. The summed E-state index contributed by atoms with van der Waals surface area (Å²) >= 11 is 0. The van der Waals surface area contributed by atoms with Crippen molar-refractivity contribution in [2.45, 2.75) is 50.5 Å². The van der Waals surface area contributed by atoms with Crippen molar-refractivity contribution in [1.82, 2.24) is 4.90 Å². The Morgan fingerprint density at radius 2 is 2.22 bits per heavy atom. The number of fused-ring (bicyclic) bond motifs is 1. The van der Waals surface area contributed by atoms with Crippen LogP contribution in [0.2, 0.25) is 0 Å². The number of nitrogens with two attached hydrogens (primary N) is 1. The van der Waals surface area contributed by atoms with Crippen LogP contribution in [-0.4, -0.2) is 46.3 Å². The van der Waals surface area contributed by atoms with Gasteiger partial charge in [0.1, 0.15) is 5.84 Å². The molecule has 0 radical (unpaired) electrons. The molecule has 4 N–H and O–H groups in total. The number of nitrogens with zero attached hydrogens (tertiary/aromatic N) is 2. The molecule has 0 aromatic heterocycles. The number of oxime groups is 1. The van der Waals surface area contributed by atoms with Crippen molar-refractivity contribution < 1.29 is 10.3 Å². The average Bonchev–Trinajstić information content (AvgIpc) is 2.38. The van der Waals surface area contributed by atoms with Gasteiger partial charge in [-0.15, -0.1) is 0 Å². The quantitative estimate of drug-likeness (QED) is 0.304. The summed E-state index contributed by atoms with van der Waals surface area (Å²) in [7, 11) is 0. The van der Waals surface area contributed by atoms with E-state index in [1.165, 1.54) is 12.8 Å². The van der Waals surface area contributed by atoms with Crippen molar-refractivity contribution in [1.29, 1.82) is 0 Å². The fourth-order valence-corrected chi connectivity index (χ4v) is 3.38. The Hall–Kier alpha value is -0.810. The van der Waals surface area contributed by atoms with Gasteiger partial charge in [-0.3, -0.25) is 0 Å². The zero-order chi connectivity index (χ0) is 13.0. The monoisotopic (exact) mass is 255 g/mol. The van der Waals surface area contributed by atoms with Gasteiger partial charge in [0.2, 0.25) is 0 Å². The molecule has 1 aliphatic carbocycles. The van der Waals surface area contributed by atoms with Crippen LogP contribution in [0.15, 0.2) is 5.16 Å². The minimum Gasteiger partial charge on any atom is -0.409 e. The highest BCUT2D eigenvalue weighted by atomic mass is 16.4. The number of piperidine rings is 1. The highest BCUT2D eigenvalue weighted by Gasteiger charge is 2.42. The standard InChI is InChI=1S/C13H25N3O2/c14-12(15-18)5-3-8-16-9-7-13(17)6-2-1-4-11(13)10-16/h11,17-18H,1-10H2,(H2,14,15). The van der Waals surface area contributed by atoms with E-state index in [1.807, 2.05) is 0 Å². The molecular formula is C13H25N3O2. The van der Waals surface area contributed by atoms with Crippen molar-refractivity contribution in [2.75, 3.05) is 19.6 Å². The zero-order valence-electron chi connectivity index (χ0n) is 11.0. The Balaban J connectivity index is 1.76. The van der Waals surface area contributed by atoms with Gasteiger partial charge < -0.3 is 20.9 Å². The molecule has 0 spiro atoms. The normalized spacial score (nSPS) is 34.3. The van der Waals surface area contributed by atoms with Gasteiger partial charge >= 0.3 is 0 Å². The van der Waals surface area contributed by atoms with Gasteiger partial charge in [0.15, 0.2) is 0 Å². The Morgan fingerprint density at radius 1 is 1.39 bits per heavy atom. The van der Waals surface area contributed by atoms with E-state index in [2.05, 4.69) is 10.1 Å². The van der Waals surface area contributed by atoms with Crippen LogP contribution in [0.1, 0.15) is 44.9 Å². The van der Waals surface area contributed by atoms with Crippen molar-refractivity contribution >= 4 is 5.84 Å². The van der Waals surface area contributed by atoms with Gasteiger partial charge in [-0.25, -0.2) is 0 Å². The molecule has 2 rings (SSSR count). The molecule has 2 aliphatic rings. The molecule has 0 aromatic rings. The largest absolute Gasteiger partial charge is 0.409 e. The van der Waals surface area contributed by atoms with E-state index in [-0.39, 0.29) is 5.60 Å². The molecule has 1 saturated heterocycles. The van der Waals surface area contributed by atoms with Gasteiger partial charge in [-0.2, -0.15) is 0 Å². The first-order valence-corrected chi connectivity index (χ1v) is 7.05. The second-order valence-corrected chi connectivity index (χ2v) is 5.79. The minimum atomic E-state index is -0.389. The van der Waals surface area contributed by atoms with E-state index in [0.717, 1.165) is 45.3 Å². The second-order valence-electron chi connectivity index (χ2n) is 5.79. The van der Waals surface area contributed by atoms with E-state index in [9.17, 15) is 5.11 Å². The van der Waals surface area contributed by atoms with Crippen molar-refractivity contribution in [3.63, 3.8) is 0 Å². The maximum absolute atomic E-state index is 10.6. The lowest BCUT2D eigenvalue weighted by atomic mass is 9.71. The van der Waals surface area contributed by atoms with Crippen LogP contribution in [0.5, 0.6) is 0 Å². The molecule has 1 heterocycles. The molecule has 1 aliphatic heterocycles. The first kappa shape index (κ1) is 13.6. The topological polar surface area (TPSA) is 82.1 Å². The highest BCUT2D eigenvalue weighted by molar-refractivity contribution is 5.79. The number of rotatable bonds is 4. The Kier molecular flexibility index (Phi) is 4.45. The van der Waals surface area contributed by atoms with Gasteiger partial charge in [-0.1, -0.05) is 18.0 Å². The summed E-state index contributed by atoms with van der Waals surface area (Å²) in [6.07, 6.45) is 7.04. The summed E-state index contributed by atoms with van der Waals surface area (Å²) in [6.45, 7) is 2.96. The Bertz CT molecular complexity index is 309. The predicted molar refractivity (Wildman–Crippen MR) is 70.6 cm³/mol. The molecule has 2 atom stereocenters. The summed E-state index contributed by atoms with van der Waals surface area (Å²) in [4.78, 5) is 2.41. The first-order chi connectivity index (χ1) is 8.64. The molecule has 18 heavy (non-hydrogen) atoms. The van der Waals surface area contributed by atoms with Crippen LogP contribution < -0.4 is 5.73 Å². The highest BCUT2D eigenvalue weighted by Crippen LogP contribution is 2.39. The van der Waals surface area contributed by atoms with Crippen molar-refractivity contribution in [3.8, 4) is 0 Å². The third kappa shape index (κ3) is 3.14. The van der Waals surface area contributed by atoms with Crippen molar-refractivity contribution in [2.24, 2.45) is 16.8 Å². The molecule has 2 unspecified atom stereocenters. The van der Waals surface area contributed by atoms with E-state index < -0.39 is 0 Å². The van der Waals surface area contributed by atoms with Gasteiger partial charge in [0.25, 0.3) is 0 Å². The molecular weight excluding hydrogens is 230 g/mol. The molecule has 5 nitrogen and oxygen atoms in total. The van der Waals surface area contributed by atoms with Crippen LogP contribution in [0, 0.1) is 5.92 Å². The molecule has 104 valence electrons. The number of hydrogen-bond acceptors (Lipinski definition) is 4.